The Hall–Kier alpha value is -2.08. The quantitative estimate of drug-likeness (QED) is 0.497. The molecule has 0 N–H and O–H groups in total. The van der Waals surface area contributed by atoms with Gasteiger partial charge in [-0.1, -0.05) is 91.1 Å². The van der Waals surface area contributed by atoms with Crippen LogP contribution >= 0.6 is 0 Å². The van der Waals surface area contributed by atoms with E-state index in [-0.39, 0.29) is 0 Å². The van der Waals surface area contributed by atoms with Crippen molar-refractivity contribution in [1.82, 2.24) is 0 Å². The lowest BCUT2D eigenvalue weighted by atomic mass is 10.2. The summed E-state index contributed by atoms with van der Waals surface area (Å²) >= 11 is 0. The third kappa shape index (κ3) is 12.2. The van der Waals surface area contributed by atoms with Gasteiger partial charge in [0.1, 0.15) is 0 Å². The fraction of sp³-hybridized carbons (Fsp3) is 0.158. The van der Waals surface area contributed by atoms with Gasteiger partial charge in [0.15, 0.2) is 0 Å². The normalized spacial score (nSPS) is 15.0. The summed E-state index contributed by atoms with van der Waals surface area (Å²) in [7, 11) is 0. The molecule has 0 radical (unpaired) electrons. The molecule has 0 amide bonds. The van der Waals surface area contributed by atoms with E-state index in [4.69, 9.17) is 0 Å². The molecule has 0 heterocycles. The van der Waals surface area contributed by atoms with Crippen molar-refractivity contribution in [3.63, 3.8) is 0 Å². The van der Waals surface area contributed by atoms with Crippen LogP contribution in [0, 0.1) is 0 Å². The lowest BCUT2D eigenvalue weighted by Crippen LogP contribution is -1.67. The number of allylic oxidation sites excluding steroid dienone is 16. The topological polar surface area (TPSA) is 0 Å². The van der Waals surface area contributed by atoms with E-state index in [9.17, 15) is 0 Å². The Balaban J connectivity index is 4.06. The van der Waals surface area contributed by atoms with Gasteiger partial charge in [0.2, 0.25) is 0 Å². The molecular formula is C19H24. The van der Waals surface area contributed by atoms with Gasteiger partial charge < -0.3 is 0 Å². The Labute approximate surface area is 118 Å². The van der Waals surface area contributed by atoms with Crippen LogP contribution in [0.15, 0.2) is 96.7 Å². The standard InChI is InChI=1S/C19H24/c1-4-7-8-9-10-11-12-13-14-15-16-18-19(6-3)17-5-2/h4-18H,1-3H3/b7-4+,9-8-,11-10-,13-12+,15-14-,17-5-,18-16-,19-6+. The molecule has 0 aromatic rings. The van der Waals surface area contributed by atoms with Crippen molar-refractivity contribution in [2.24, 2.45) is 0 Å². The van der Waals surface area contributed by atoms with Gasteiger partial charge in [0.25, 0.3) is 0 Å². The lowest BCUT2D eigenvalue weighted by Gasteiger charge is -1.87. The average molecular weight is 252 g/mol. The van der Waals surface area contributed by atoms with Gasteiger partial charge >= 0.3 is 0 Å². The van der Waals surface area contributed by atoms with Gasteiger partial charge in [-0.15, -0.1) is 0 Å². The van der Waals surface area contributed by atoms with Crippen LogP contribution in [0.3, 0.4) is 0 Å². The Morgan fingerprint density at radius 1 is 0.474 bits per heavy atom. The van der Waals surface area contributed by atoms with Crippen LogP contribution < -0.4 is 0 Å². The van der Waals surface area contributed by atoms with Crippen LogP contribution in [-0.2, 0) is 0 Å². The monoisotopic (exact) mass is 252 g/mol. The predicted molar refractivity (Wildman–Crippen MR) is 89.1 cm³/mol. The third-order valence-electron chi connectivity index (χ3n) is 2.17. The second-order valence-corrected chi connectivity index (χ2v) is 3.71. The Kier molecular flexibility index (Phi) is 12.5. The van der Waals surface area contributed by atoms with Gasteiger partial charge in [-0.3, -0.25) is 0 Å². The van der Waals surface area contributed by atoms with Gasteiger partial charge in [-0.05, 0) is 26.3 Å². The molecule has 0 aromatic heterocycles. The van der Waals surface area contributed by atoms with E-state index in [1.807, 2.05) is 93.7 Å². The van der Waals surface area contributed by atoms with Crippen molar-refractivity contribution in [2.75, 3.05) is 0 Å². The fourth-order valence-electron chi connectivity index (χ4n) is 1.23. The highest BCUT2D eigenvalue weighted by atomic mass is 13.8. The predicted octanol–water partition coefficient (Wildman–Crippen LogP) is 5.87. The van der Waals surface area contributed by atoms with Crippen molar-refractivity contribution < 1.29 is 0 Å². The smallest absolute Gasteiger partial charge is 0.0303 e. The van der Waals surface area contributed by atoms with E-state index in [1.165, 1.54) is 5.57 Å². The minimum Gasteiger partial charge on any atom is -0.0877 e. The summed E-state index contributed by atoms with van der Waals surface area (Å²) < 4.78 is 0. The maximum absolute atomic E-state index is 2.08. The van der Waals surface area contributed by atoms with Crippen molar-refractivity contribution >= 4 is 0 Å². The van der Waals surface area contributed by atoms with Crippen molar-refractivity contribution in [2.45, 2.75) is 20.8 Å². The molecule has 0 aromatic carbocycles. The largest absolute Gasteiger partial charge is 0.0877 e. The van der Waals surface area contributed by atoms with Crippen LogP contribution in [0.25, 0.3) is 0 Å². The SMILES string of the molecule is C\C=C/C(/C=C\C=C/C=C/C=C\C=C/C=C/C)=C\C. The highest BCUT2D eigenvalue weighted by Gasteiger charge is 1.78. The number of rotatable bonds is 7. The molecule has 100 valence electrons. The van der Waals surface area contributed by atoms with Crippen molar-refractivity contribution in [3.8, 4) is 0 Å². The maximum atomic E-state index is 2.08. The highest BCUT2D eigenvalue weighted by Crippen LogP contribution is 1.98. The zero-order chi connectivity index (χ0) is 14.2. The van der Waals surface area contributed by atoms with Crippen LogP contribution in [0.2, 0.25) is 0 Å². The molecule has 0 spiro atoms. The summed E-state index contributed by atoms with van der Waals surface area (Å²) in [6.07, 6.45) is 30.4. The summed E-state index contributed by atoms with van der Waals surface area (Å²) in [4.78, 5) is 0. The third-order valence-corrected chi connectivity index (χ3v) is 2.17. The molecule has 0 aliphatic rings. The summed E-state index contributed by atoms with van der Waals surface area (Å²) in [6.45, 7) is 6.06. The van der Waals surface area contributed by atoms with Crippen molar-refractivity contribution in [1.29, 1.82) is 0 Å². The fourth-order valence-corrected chi connectivity index (χ4v) is 1.23. The van der Waals surface area contributed by atoms with Gasteiger partial charge in [-0.2, -0.15) is 0 Å². The number of hydrogen-bond acceptors (Lipinski definition) is 0. The first-order valence-corrected chi connectivity index (χ1v) is 6.60. The Morgan fingerprint density at radius 3 is 1.37 bits per heavy atom. The Morgan fingerprint density at radius 2 is 0.947 bits per heavy atom. The molecule has 0 atom stereocenters. The van der Waals surface area contributed by atoms with E-state index < -0.39 is 0 Å². The first kappa shape index (κ1) is 16.9. The second-order valence-electron chi connectivity index (χ2n) is 3.71. The van der Waals surface area contributed by atoms with E-state index >= 15 is 0 Å². The van der Waals surface area contributed by atoms with Gasteiger partial charge in [0.05, 0.1) is 0 Å². The Bertz CT molecular complexity index is 433. The van der Waals surface area contributed by atoms with E-state index in [2.05, 4.69) is 18.2 Å². The average Bonchev–Trinajstić information content (AvgIpc) is 2.43. The molecule has 0 saturated heterocycles. The first-order valence-electron chi connectivity index (χ1n) is 6.60. The second kappa shape index (κ2) is 14.0. The molecule has 19 heavy (non-hydrogen) atoms. The van der Waals surface area contributed by atoms with Crippen LogP contribution in [0.5, 0.6) is 0 Å². The molecule has 0 bridgehead atoms. The van der Waals surface area contributed by atoms with Crippen LogP contribution in [0.1, 0.15) is 20.8 Å². The molecular weight excluding hydrogens is 228 g/mol. The molecule has 0 unspecified atom stereocenters. The molecule has 0 fully saturated rings. The lowest BCUT2D eigenvalue weighted by molar-refractivity contribution is 1.57. The van der Waals surface area contributed by atoms with Gasteiger partial charge in [-0.25, -0.2) is 0 Å². The van der Waals surface area contributed by atoms with E-state index in [1.54, 1.807) is 0 Å². The molecule has 0 aliphatic carbocycles. The van der Waals surface area contributed by atoms with Crippen LogP contribution in [0.4, 0.5) is 0 Å². The van der Waals surface area contributed by atoms with Crippen LogP contribution in [-0.4, -0.2) is 0 Å². The zero-order valence-electron chi connectivity index (χ0n) is 12.2. The summed E-state index contributed by atoms with van der Waals surface area (Å²) in [5, 5.41) is 0. The molecule has 0 heteroatoms. The minimum absolute atomic E-state index is 1.21. The minimum atomic E-state index is 1.21. The van der Waals surface area contributed by atoms with E-state index in [0.29, 0.717) is 0 Å². The summed E-state index contributed by atoms with van der Waals surface area (Å²) in [5.41, 5.74) is 1.21. The highest BCUT2D eigenvalue weighted by molar-refractivity contribution is 5.32. The van der Waals surface area contributed by atoms with Gasteiger partial charge in [0, 0.05) is 0 Å². The summed E-state index contributed by atoms with van der Waals surface area (Å²) in [6, 6.07) is 0. The molecule has 0 nitrogen and oxygen atoms in total. The zero-order valence-corrected chi connectivity index (χ0v) is 12.2. The van der Waals surface area contributed by atoms with Crippen molar-refractivity contribution in [3.05, 3.63) is 96.7 Å². The molecule has 0 saturated carbocycles. The maximum Gasteiger partial charge on any atom is -0.0303 e. The van der Waals surface area contributed by atoms with E-state index in [0.717, 1.165) is 0 Å². The molecule has 0 aliphatic heterocycles. The summed E-state index contributed by atoms with van der Waals surface area (Å²) in [5.74, 6) is 0. The number of hydrogen-bond donors (Lipinski definition) is 0. The molecule has 0 rings (SSSR count). The first-order chi connectivity index (χ1) is 9.35.